The van der Waals surface area contributed by atoms with Gasteiger partial charge in [-0.2, -0.15) is 0 Å². The van der Waals surface area contributed by atoms with E-state index >= 15 is 0 Å². The van der Waals surface area contributed by atoms with Gasteiger partial charge in [0.1, 0.15) is 0 Å². The fourth-order valence-electron chi connectivity index (χ4n) is 6.39. The lowest BCUT2D eigenvalue weighted by atomic mass is 9.89. The van der Waals surface area contributed by atoms with Crippen LogP contribution in [0.4, 0.5) is 11.4 Å². The Kier molecular flexibility index (Phi) is 11.1. The van der Waals surface area contributed by atoms with Crippen LogP contribution in [0.25, 0.3) is 0 Å². The molecular formula is C35H42Cl2N4O3. The lowest BCUT2D eigenvalue weighted by Gasteiger charge is -2.36. The van der Waals surface area contributed by atoms with Crippen LogP contribution in [0, 0.1) is 6.92 Å². The minimum atomic E-state index is -0.188. The number of amides is 3. The molecule has 234 valence electrons. The number of halogens is 2. The van der Waals surface area contributed by atoms with Crippen molar-refractivity contribution in [2.75, 3.05) is 37.4 Å². The Morgan fingerprint density at radius 1 is 0.932 bits per heavy atom. The number of hydrogen-bond donors (Lipinski definition) is 1. The number of fused-ring (bicyclic) bond motifs is 1. The summed E-state index contributed by atoms with van der Waals surface area (Å²) in [5.41, 5.74) is 4.41. The van der Waals surface area contributed by atoms with Crippen LogP contribution in [0.2, 0.25) is 5.02 Å². The molecule has 0 aromatic heterocycles. The fourth-order valence-corrected chi connectivity index (χ4v) is 6.57. The van der Waals surface area contributed by atoms with E-state index in [2.05, 4.69) is 31.2 Å². The van der Waals surface area contributed by atoms with Crippen LogP contribution in [-0.4, -0.2) is 66.8 Å². The van der Waals surface area contributed by atoms with Crippen LogP contribution in [-0.2, 0) is 4.79 Å². The highest BCUT2D eigenvalue weighted by Gasteiger charge is 2.34. The maximum atomic E-state index is 14.0. The number of aryl methyl sites for hydroxylation is 1. The number of carbonyl (C=O) groups excluding carboxylic acids is 3. The first-order chi connectivity index (χ1) is 20.6. The number of likely N-dealkylation sites (tertiary alicyclic amines) is 1. The molecule has 0 aliphatic carbocycles. The summed E-state index contributed by atoms with van der Waals surface area (Å²) >= 11 is 6.48. The molecule has 7 nitrogen and oxygen atoms in total. The zero-order chi connectivity index (χ0) is 30.7. The van der Waals surface area contributed by atoms with Crippen molar-refractivity contribution in [3.63, 3.8) is 0 Å². The van der Waals surface area contributed by atoms with E-state index < -0.39 is 0 Å². The number of benzene rings is 3. The quantitative estimate of drug-likeness (QED) is 0.311. The third kappa shape index (κ3) is 7.45. The maximum absolute atomic E-state index is 14.0. The van der Waals surface area contributed by atoms with Crippen LogP contribution in [0.15, 0.2) is 66.7 Å². The van der Waals surface area contributed by atoms with Crippen molar-refractivity contribution in [3.05, 3.63) is 94.0 Å². The zero-order valence-corrected chi connectivity index (χ0v) is 27.5. The number of anilines is 2. The predicted molar refractivity (Wildman–Crippen MR) is 180 cm³/mol. The first-order valence-electron chi connectivity index (χ1n) is 15.2. The van der Waals surface area contributed by atoms with Crippen molar-refractivity contribution >= 4 is 53.1 Å². The number of nitrogens with zero attached hydrogens (tertiary/aromatic N) is 3. The molecule has 0 spiro atoms. The second kappa shape index (κ2) is 14.6. The van der Waals surface area contributed by atoms with Crippen molar-refractivity contribution in [2.45, 2.75) is 64.0 Å². The van der Waals surface area contributed by atoms with Gasteiger partial charge in [-0.1, -0.05) is 29.8 Å². The van der Waals surface area contributed by atoms with Crippen LogP contribution in [0.1, 0.15) is 76.8 Å². The molecule has 44 heavy (non-hydrogen) atoms. The lowest BCUT2D eigenvalue weighted by Crippen LogP contribution is -2.44. The molecule has 3 amide bonds. The molecule has 5 rings (SSSR count). The van der Waals surface area contributed by atoms with Gasteiger partial charge in [0.15, 0.2) is 0 Å². The summed E-state index contributed by atoms with van der Waals surface area (Å²) < 4.78 is 0. The van der Waals surface area contributed by atoms with Gasteiger partial charge in [-0.05, 0) is 119 Å². The standard InChI is InChI=1S/C35H41ClN4O3.ClH/c1-23-7-5-6-8-30(23)34(42)37-28-14-11-25(12-15-28)35(43)40-24(2)9-10-26(31-22-27(36)13-16-32(31)40)21-33(41)39-19-17-29(18-20-39)38(3)4;/h5-8,11-16,22,24,26,29H,9-10,17-21H2,1-4H3,(H,37,42);1H. The van der Waals surface area contributed by atoms with E-state index in [0.717, 1.165) is 55.6 Å². The molecular weight excluding hydrogens is 595 g/mol. The highest BCUT2D eigenvalue weighted by Crippen LogP contribution is 2.41. The van der Waals surface area contributed by atoms with Gasteiger partial charge >= 0.3 is 0 Å². The van der Waals surface area contributed by atoms with E-state index in [9.17, 15) is 14.4 Å². The number of nitrogens with one attached hydrogen (secondary N) is 1. The Balaban J connectivity index is 0.00000442. The molecule has 0 saturated carbocycles. The fraction of sp³-hybridized carbons (Fsp3) is 0.400. The Labute approximate surface area is 272 Å². The summed E-state index contributed by atoms with van der Waals surface area (Å²) in [5.74, 6) is -0.159. The van der Waals surface area contributed by atoms with Gasteiger partial charge in [-0.15, -0.1) is 12.4 Å². The summed E-state index contributed by atoms with van der Waals surface area (Å²) in [6, 6.07) is 20.6. The topological polar surface area (TPSA) is 73.0 Å². The second-order valence-electron chi connectivity index (χ2n) is 12.1. The van der Waals surface area contributed by atoms with Gasteiger partial charge in [0.05, 0.1) is 0 Å². The molecule has 3 aromatic rings. The van der Waals surface area contributed by atoms with E-state index in [1.807, 2.05) is 53.1 Å². The zero-order valence-electron chi connectivity index (χ0n) is 25.9. The summed E-state index contributed by atoms with van der Waals surface area (Å²) in [4.78, 5) is 46.3. The predicted octanol–water partition coefficient (Wildman–Crippen LogP) is 7.18. The van der Waals surface area contributed by atoms with Gasteiger partial charge in [0, 0.05) is 59.1 Å². The van der Waals surface area contributed by atoms with Crippen LogP contribution < -0.4 is 10.2 Å². The van der Waals surface area contributed by atoms with Gasteiger partial charge in [-0.3, -0.25) is 14.4 Å². The molecule has 1 fully saturated rings. The highest BCUT2D eigenvalue weighted by atomic mass is 35.5. The number of carbonyl (C=O) groups is 3. The molecule has 2 heterocycles. The summed E-state index contributed by atoms with van der Waals surface area (Å²) in [6.45, 7) is 5.51. The number of rotatable bonds is 6. The Bertz CT molecular complexity index is 1490. The third-order valence-corrected chi connectivity index (χ3v) is 9.26. The third-order valence-electron chi connectivity index (χ3n) is 9.03. The van der Waals surface area contributed by atoms with Crippen LogP contribution in [0.3, 0.4) is 0 Å². The van der Waals surface area contributed by atoms with Crippen molar-refractivity contribution in [1.82, 2.24) is 9.80 Å². The second-order valence-corrected chi connectivity index (χ2v) is 12.6. The number of hydrogen-bond acceptors (Lipinski definition) is 4. The molecule has 2 unspecified atom stereocenters. The Morgan fingerprint density at radius 3 is 2.27 bits per heavy atom. The van der Waals surface area contributed by atoms with Crippen molar-refractivity contribution in [1.29, 1.82) is 0 Å². The molecule has 1 saturated heterocycles. The van der Waals surface area contributed by atoms with Crippen molar-refractivity contribution in [3.8, 4) is 0 Å². The van der Waals surface area contributed by atoms with E-state index in [4.69, 9.17) is 11.6 Å². The van der Waals surface area contributed by atoms with E-state index in [1.54, 1.807) is 30.3 Å². The van der Waals surface area contributed by atoms with Gasteiger partial charge < -0.3 is 20.0 Å². The van der Waals surface area contributed by atoms with E-state index in [-0.39, 0.29) is 42.1 Å². The summed E-state index contributed by atoms with van der Waals surface area (Å²) in [5, 5.41) is 3.52. The van der Waals surface area contributed by atoms with Crippen LogP contribution >= 0.6 is 24.0 Å². The molecule has 3 aromatic carbocycles. The van der Waals surface area contributed by atoms with Gasteiger partial charge in [0.2, 0.25) is 5.91 Å². The minimum absolute atomic E-state index is 0. The number of piperidine rings is 1. The average molecular weight is 638 g/mol. The molecule has 9 heteroatoms. The van der Waals surface area contributed by atoms with E-state index in [1.165, 1.54) is 0 Å². The molecule has 0 bridgehead atoms. The summed E-state index contributed by atoms with van der Waals surface area (Å²) in [7, 11) is 4.20. The van der Waals surface area contributed by atoms with Crippen molar-refractivity contribution < 1.29 is 14.4 Å². The average Bonchev–Trinajstić information content (AvgIpc) is 3.13. The minimum Gasteiger partial charge on any atom is -0.343 e. The molecule has 0 radical (unpaired) electrons. The maximum Gasteiger partial charge on any atom is 0.258 e. The first-order valence-corrected chi connectivity index (χ1v) is 15.5. The lowest BCUT2D eigenvalue weighted by molar-refractivity contribution is -0.133. The SMILES string of the molecule is Cc1ccccc1C(=O)Nc1ccc(C(=O)N2c3ccc(Cl)cc3C(CC(=O)N3CCC(N(C)C)CC3)CCC2C)cc1.Cl. The first kappa shape index (κ1) is 33.5. The highest BCUT2D eigenvalue weighted by molar-refractivity contribution is 6.30. The summed E-state index contributed by atoms with van der Waals surface area (Å²) in [6.07, 6.45) is 3.94. The van der Waals surface area contributed by atoms with Crippen molar-refractivity contribution in [2.24, 2.45) is 0 Å². The monoisotopic (exact) mass is 636 g/mol. The molecule has 2 aliphatic rings. The molecule has 2 atom stereocenters. The Hall–Kier alpha value is -3.39. The smallest absolute Gasteiger partial charge is 0.258 e. The molecule has 2 aliphatic heterocycles. The normalized spacial score (nSPS) is 18.7. The molecule has 1 N–H and O–H groups in total. The van der Waals surface area contributed by atoms with Gasteiger partial charge in [0.25, 0.3) is 11.8 Å². The van der Waals surface area contributed by atoms with Gasteiger partial charge in [-0.25, -0.2) is 0 Å². The Morgan fingerprint density at radius 2 is 1.61 bits per heavy atom. The van der Waals surface area contributed by atoms with E-state index in [0.29, 0.717) is 34.3 Å². The largest absolute Gasteiger partial charge is 0.343 e. The van der Waals surface area contributed by atoms with Crippen LogP contribution in [0.5, 0.6) is 0 Å².